The van der Waals surface area contributed by atoms with Crippen LogP contribution in [0.25, 0.3) is 0 Å². The van der Waals surface area contributed by atoms with E-state index in [1.54, 1.807) is 0 Å². The van der Waals surface area contributed by atoms with Crippen molar-refractivity contribution in [3.8, 4) is 5.75 Å². The van der Waals surface area contributed by atoms with E-state index in [1.165, 1.54) is 0 Å². The van der Waals surface area contributed by atoms with Crippen molar-refractivity contribution in [1.29, 1.82) is 0 Å². The monoisotopic (exact) mass is 330 g/mol. The average Bonchev–Trinajstić information content (AvgIpc) is 3.04. The van der Waals surface area contributed by atoms with Crippen LogP contribution in [-0.4, -0.2) is 42.5 Å². The Hall–Kier alpha value is -2.04. The normalized spacial score (nSPS) is 22.6. The number of benzene rings is 1. The highest BCUT2D eigenvalue weighted by Gasteiger charge is 2.34. The van der Waals surface area contributed by atoms with Crippen LogP contribution in [0.1, 0.15) is 38.2 Å². The smallest absolute Gasteiger partial charge is 0.264 e. The van der Waals surface area contributed by atoms with Crippen LogP contribution in [0.4, 0.5) is 0 Å². The van der Waals surface area contributed by atoms with Crippen molar-refractivity contribution in [2.24, 2.45) is 5.92 Å². The van der Waals surface area contributed by atoms with E-state index < -0.39 is 6.10 Å². The van der Waals surface area contributed by atoms with Gasteiger partial charge in [-0.1, -0.05) is 25.1 Å². The lowest BCUT2D eigenvalue weighted by molar-refractivity contribution is -0.139. The lowest BCUT2D eigenvalue weighted by atomic mass is 9.97. The summed E-state index contributed by atoms with van der Waals surface area (Å²) in [6, 6.07) is 7.85. The molecule has 0 unspecified atom stereocenters. The van der Waals surface area contributed by atoms with Gasteiger partial charge in [0.15, 0.2) is 6.10 Å². The summed E-state index contributed by atoms with van der Waals surface area (Å²) in [5.41, 5.74) is 1.11. The van der Waals surface area contributed by atoms with Gasteiger partial charge in [0, 0.05) is 32.5 Å². The van der Waals surface area contributed by atoms with E-state index in [-0.39, 0.29) is 11.8 Å². The lowest BCUT2D eigenvalue weighted by Crippen LogP contribution is -2.48. The number of fused-ring (bicyclic) bond motifs is 1. The van der Waals surface area contributed by atoms with Crippen molar-refractivity contribution in [3.63, 3.8) is 0 Å². The summed E-state index contributed by atoms with van der Waals surface area (Å²) in [6.07, 6.45) is 3.74. The highest BCUT2D eigenvalue weighted by molar-refractivity contribution is 5.82. The van der Waals surface area contributed by atoms with Gasteiger partial charge in [-0.15, -0.1) is 0 Å². The fourth-order valence-corrected chi connectivity index (χ4v) is 3.53. The minimum Gasteiger partial charge on any atom is -0.480 e. The zero-order chi connectivity index (χ0) is 16.9. The van der Waals surface area contributed by atoms with Crippen LogP contribution in [-0.2, 0) is 16.0 Å². The summed E-state index contributed by atoms with van der Waals surface area (Å²) in [5, 5.41) is 2.99. The molecule has 130 valence electrons. The molecule has 1 fully saturated rings. The van der Waals surface area contributed by atoms with Crippen molar-refractivity contribution in [1.82, 2.24) is 10.2 Å². The number of rotatable bonds is 5. The summed E-state index contributed by atoms with van der Waals surface area (Å²) in [6.45, 7) is 4.16. The van der Waals surface area contributed by atoms with E-state index in [2.05, 4.69) is 5.32 Å². The standard InChI is InChI=1S/C19H26N2O3/c1-2-6-18(22)20-12-14-7-5-10-21(13-14)19(23)17-11-15-8-3-4-9-16(15)24-17/h3-4,8-9,14,17H,2,5-7,10-13H2,1H3,(H,20,22)/t14-,17-/m0/s1. The van der Waals surface area contributed by atoms with Gasteiger partial charge in [0.1, 0.15) is 5.75 Å². The second-order valence-corrected chi connectivity index (χ2v) is 6.76. The summed E-state index contributed by atoms with van der Waals surface area (Å²) in [5.74, 6) is 1.36. The van der Waals surface area contributed by atoms with Gasteiger partial charge >= 0.3 is 0 Å². The molecule has 3 rings (SSSR count). The Morgan fingerprint density at radius 3 is 2.96 bits per heavy atom. The van der Waals surface area contributed by atoms with Crippen LogP contribution in [0, 0.1) is 5.92 Å². The summed E-state index contributed by atoms with van der Waals surface area (Å²) in [7, 11) is 0. The van der Waals surface area contributed by atoms with E-state index in [4.69, 9.17) is 4.74 Å². The fraction of sp³-hybridized carbons (Fsp3) is 0.579. The SMILES string of the molecule is CCCC(=O)NC[C@@H]1CCCN(C(=O)[C@@H]2Cc3ccccc3O2)C1. The van der Waals surface area contributed by atoms with E-state index >= 15 is 0 Å². The first-order chi connectivity index (χ1) is 11.7. The molecule has 5 heteroatoms. The third kappa shape index (κ3) is 3.89. The van der Waals surface area contributed by atoms with E-state index in [0.29, 0.717) is 31.8 Å². The predicted molar refractivity (Wildman–Crippen MR) is 91.8 cm³/mol. The molecule has 1 saturated heterocycles. The number of amides is 2. The minimum atomic E-state index is -0.393. The Balaban J connectivity index is 1.52. The van der Waals surface area contributed by atoms with E-state index in [0.717, 1.165) is 37.1 Å². The number of carbonyl (C=O) groups is 2. The Morgan fingerprint density at radius 2 is 2.17 bits per heavy atom. The molecule has 2 atom stereocenters. The number of piperidine rings is 1. The van der Waals surface area contributed by atoms with Crippen molar-refractivity contribution in [2.45, 2.75) is 45.1 Å². The maximum atomic E-state index is 12.8. The highest BCUT2D eigenvalue weighted by atomic mass is 16.5. The molecular weight excluding hydrogens is 304 g/mol. The van der Waals surface area contributed by atoms with Gasteiger partial charge in [0.25, 0.3) is 5.91 Å². The second-order valence-electron chi connectivity index (χ2n) is 6.76. The maximum absolute atomic E-state index is 12.8. The molecule has 1 aromatic rings. The molecule has 0 bridgehead atoms. The largest absolute Gasteiger partial charge is 0.480 e. The molecule has 2 aliphatic rings. The summed E-state index contributed by atoms with van der Waals surface area (Å²) in [4.78, 5) is 26.3. The third-order valence-electron chi connectivity index (χ3n) is 4.82. The zero-order valence-electron chi connectivity index (χ0n) is 14.3. The summed E-state index contributed by atoms with van der Waals surface area (Å²) < 4.78 is 5.83. The van der Waals surface area contributed by atoms with Gasteiger partial charge in [0.05, 0.1) is 0 Å². The summed E-state index contributed by atoms with van der Waals surface area (Å²) >= 11 is 0. The van der Waals surface area contributed by atoms with Gasteiger partial charge in [-0.05, 0) is 36.8 Å². The number of nitrogens with one attached hydrogen (secondary N) is 1. The molecule has 2 amide bonds. The van der Waals surface area contributed by atoms with E-state index in [9.17, 15) is 9.59 Å². The molecule has 0 aliphatic carbocycles. The number of likely N-dealkylation sites (tertiary alicyclic amines) is 1. The topological polar surface area (TPSA) is 58.6 Å². The van der Waals surface area contributed by atoms with Crippen LogP contribution in [0.15, 0.2) is 24.3 Å². The number of ether oxygens (including phenoxy) is 1. The molecule has 0 aromatic heterocycles. The average molecular weight is 330 g/mol. The van der Waals surface area contributed by atoms with Gasteiger partial charge in [-0.25, -0.2) is 0 Å². The highest BCUT2D eigenvalue weighted by Crippen LogP contribution is 2.29. The maximum Gasteiger partial charge on any atom is 0.264 e. The molecule has 0 saturated carbocycles. The number of hydrogen-bond acceptors (Lipinski definition) is 3. The van der Waals surface area contributed by atoms with Crippen molar-refractivity contribution in [2.75, 3.05) is 19.6 Å². The van der Waals surface area contributed by atoms with Crippen molar-refractivity contribution < 1.29 is 14.3 Å². The Morgan fingerprint density at radius 1 is 1.33 bits per heavy atom. The Labute approximate surface area is 143 Å². The van der Waals surface area contributed by atoms with Gasteiger partial charge in [0.2, 0.25) is 5.91 Å². The first-order valence-corrected chi connectivity index (χ1v) is 8.97. The van der Waals surface area contributed by atoms with Crippen molar-refractivity contribution >= 4 is 11.8 Å². The van der Waals surface area contributed by atoms with Gasteiger partial charge in [-0.2, -0.15) is 0 Å². The second kappa shape index (κ2) is 7.69. The lowest BCUT2D eigenvalue weighted by Gasteiger charge is -2.34. The molecule has 24 heavy (non-hydrogen) atoms. The first-order valence-electron chi connectivity index (χ1n) is 8.97. The zero-order valence-corrected chi connectivity index (χ0v) is 14.3. The fourth-order valence-electron chi connectivity index (χ4n) is 3.53. The quantitative estimate of drug-likeness (QED) is 0.900. The molecule has 1 N–H and O–H groups in total. The van der Waals surface area contributed by atoms with Crippen LogP contribution in [0.3, 0.4) is 0 Å². The van der Waals surface area contributed by atoms with Gasteiger partial charge in [-0.3, -0.25) is 9.59 Å². The Kier molecular flexibility index (Phi) is 5.38. The molecule has 2 aliphatic heterocycles. The number of nitrogens with zero attached hydrogens (tertiary/aromatic N) is 1. The number of hydrogen-bond donors (Lipinski definition) is 1. The number of para-hydroxylation sites is 1. The molecule has 5 nitrogen and oxygen atoms in total. The minimum absolute atomic E-state index is 0.0794. The van der Waals surface area contributed by atoms with Gasteiger partial charge < -0.3 is 15.0 Å². The van der Waals surface area contributed by atoms with Crippen LogP contribution >= 0.6 is 0 Å². The van der Waals surface area contributed by atoms with Crippen LogP contribution < -0.4 is 10.1 Å². The molecule has 0 spiro atoms. The predicted octanol–water partition coefficient (Wildman–Crippen LogP) is 2.14. The first kappa shape index (κ1) is 16.8. The van der Waals surface area contributed by atoms with E-state index in [1.807, 2.05) is 36.1 Å². The van der Waals surface area contributed by atoms with Crippen LogP contribution in [0.2, 0.25) is 0 Å². The Bertz CT molecular complexity index is 577. The molecule has 0 radical (unpaired) electrons. The van der Waals surface area contributed by atoms with Crippen LogP contribution in [0.5, 0.6) is 5.75 Å². The molecular formula is C19H26N2O3. The number of carbonyl (C=O) groups excluding carboxylic acids is 2. The third-order valence-corrected chi connectivity index (χ3v) is 4.82. The molecule has 1 aromatic carbocycles. The van der Waals surface area contributed by atoms with Crippen molar-refractivity contribution in [3.05, 3.63) is 29.8 Å². The molecule has 2 heterocycles.